The van der Waals surface area contributed by atoms with Gasteiger partial charge < -0.3 is 5.21 Å². The summed E-state index contributed by atoms with van der Waals surface area (Å²) in [6.45, 7) is 1.99. The average Bonchev–Trinajstić information content (AvgIpc) is 2.41. The highest BCUT2D eigenvalue weighted by Gasteiger charge is 2.36. The van der Waals surface area contributed by atoms with Gasteiger partial charge in [-0.05, 0) is 38.0 Å². The van der Waals surface area contributed by atoms with Crippen LogP contribution in [0.4, 0.5) is 0 Å². The summed E-state index contributed by atoms with van der Waals surface area (Å²) < 4.78 is 1.17. The molecule has 0 aliphatic heterocycles. The van der Waals surface area contributed by atoms with Crippen LogP contribution in [-0.2, 0) is 0 Å². The molecule has 2 nitrogen and oxygen atoms in total. The van der Waals surface area contributed by atoms with Crippen LogP contribution in [0.2, 0.25) is 0 Å². The summed E-state index contributed by atoms with van der Waals surface area (Å²) >= 11 is 0. The molecule has 0 radical (unpaired) electrons. The third kappa shape index (κ3) is 2.81. The molecule has 96 valence electrons. The van der Waals surface area contributed by atoms with Crippen molar-refractivity contribution in [1.82, 2.24) is 0 Å². The van der Waals surface area contributed by atoms with Crippen molar-refractivity contribution in [3.8, 4) is 0 Å². The monoisotopic (exact) mass is 243 g/mol. The SMILES string of the molecule is C/C=C/C1([N+]([O-])=Cc2ccccc2)CCCCC1. The fourth-order valence-electron chi connectivity index (χ4n) is 2.74. The summed E-state index contributed by atoms with van der Waals surface area (Å²) in [5, 5.41) is 12.5. The first-order chi connectivity index (χ1) is 8.77. The van der Waals surface area contributed by atoms with E-state index in [9.17, 15) is 5.21 Å². The molecule has 1 aliphatic carbocycles. The van der Waals surface area contributed by atoms with Crippen molar-refractivity contribution < 1.29 is 4.74 Å². The summed E-state index contributed by atoms with van der Waals surface area (Å²) in [6.07, 6.45) is 11.3. The lowest BCUT2D eigenvalue weighted by Crippen LogP contribution is -2.40. The normalized spacial score (nSPS) is 20.2. The van der Waals surface area contributed by atoms with E-state index in [-0.39, 0.29) is 5.54 Å². The van der Waals surface area contributed by atoms with Crippen molar-refractivity contribution in [3.05, 3.63) is 53.3 Å². The summed E-state index contributed by atoms with van der Waals surface area (Å²) in [5.41, 5.74) is 0.657. The maximum atomic E-state index is 12.5. The Balaban J connectivity index is 2.28. The van der Waals surface area contributed by atoms with Crippen molar-refractivity contribution in [2.24, 2.45) is 0 Å². The highest BCUT2D eigenvalue weighted by atomic mass is 16.5. The van der Waals surface area contributed by atoms with Crippen LogP contribution in [0.5, 0.6) is 0 Å². The minimum Gasteiger partial charge on any atom is -0.623 e. The van der Waals surface area contributed by atoms with Gasteiger partial charge in [-0.25, -0.2) is 4.74 Å². The average molecular weight is 243 g/mol. The van der Waals surface area contributed by atoms with Crippen molar-refractivity contribution in [3.63, 3.8) is 0 Å². The van der Waals surface area contributed by atoms with Gasteiger partial charge in [-0.3, -0.25) is 0 Å². The van der Waals surface area contributed by atoms with Gasteiger partial charge in [0.25, 0.3) is 0 Å². The van der Waals surface area contributed by atoms with Gasteiger partial charge in [0, 0.05) is 18.4 Å². The van der Waals surface area contributed by atoms with E-state index in [0.717, 1.165) is 31.2 Å². The number of rotatable bonds is 3. The van der Waals surface area contributed by atoms with Crippen LogP contribution in [0.25, 0.3) is 0 Å². The number of hydrogen-bond donors (Lipinski definition) is 0. The topological polar surface area (TPSA) is 26.1 Å². The van der Waals surface area contributed by atoms with E-state index >= 15 is 0 Å². The molecule has 0 unspecified atom stereocenters. The van der Waals surface area contributed by atoms with Gasteiger partial charge in [0.05, 0.1) is 0 Å². The molecule has 0 spiro atoms. The molecular weight excluding hydrogens is 222 g/mol. The van der Waals surface area contributed by atoms with Crippen molar-refractivity contribution in [1.29, 1.82) is 0 Å². The van der Waals surface area contributed by atoms with Crippen LogP contribution in [0.3, 0.4) is 0 Å². The summed E-state index contributed by atoms with van der Waals surface area (Å²) in [4.78, 5) is 0. The Kier molecular flexibility index (Phi) is 4.19. The first-order valence-electron chi connectivity index (χ1n) is 6.77. The molecule has 1 fully saturated rings. The zero-order chi connectivity index (χ0) is 12.8. The zero-order valence-corrected chi connectivity index (χ0v) is 11.0. The minimum atomic E-state index is -0.317. The standard InChI is InChI=1S/C16H21NO/c1-2-11-16(12-7-4-8-13-16)17(18)14-15-9-5-3-6-10-15/h2-3,5-6,9-11,14H,4,7-8,12-13H2,1H3/b11-2+,17-14?. The Bertz CT molecular complexity index is 428. The van der Waals surface area contributed by atoms with E-state index in [0.29, 0.717) is 0 Å². The Labute approximate surface area is 109 Å². The predicted molar refractivity (Wildman–Crippen MR) is 75.9 cm³/mol. The second-order valence-electron chi connectivity index (χ2n) is 5.03. The first-order valence-corrected chi connectivity index (χ1v) is 6.77. The fraction of sp³-hybridized carbons (Fsp3) is 0.438. The maximum absolute atomic E-state index is 12.5. The van der Waals surface area contributed by atoms with Gasteiger partial charge in [0.2, 0.25) is 0 Å². The van der Waals surface area contributed by atoms with E-state index in [1.54, 1.807) is 6.21 Å². The van der Waals surface area contributed by atoms with E-state index in [4.69, 9.17) is 0 Å². The predicted octanol–water partition coefficient (Wildman–Crippen LogP) is 3.89. The molecule has 0 amide bonds. The Morgan fingerprint density at radius 3 is 2.39 bits per heavy atom. The van der Waals surface area contributed by atoms with Crippen molar-refractivity contribution >= 4 is 6.21 Å². The van der Waals surface area contributed by atoms with Crippen LogP contribution in [0.1, 0.15) is 44.6 Å². The van der Waals surface area contributed by atoms with Crippen molar-refractivity contribution in [2.75, 3.05) is 0 Å². The third-order valence-electron chi connectivity index (χ3n) is 3.70. The second-order valence-corrected chi connectivity index (χ2v) is 5.03. The maximum Gasteiger partial charge on any atom is 0.191 e. The Hall–Kier alpha value is -1.57. The molecule has 0 saturated heterocycles. The fourth-order valence-corrected chi connectivity index (χ4v) is 2.74. The minimum absolute atomic E-state index is 0.317. The lowest BCUT2D eigenvalue weighted by Gasteiger charge is -2.32. The van der Waals surface area contributed by atoms with Gasteiger partial charge in [-0.1, -0.05) is 30.7 Å². The summed E-state index contributed by atoms with van der Waals surface area (Å²) in [7, 11) is 0. The van der Waals surface area contributed by atoms with Gasteiger partial charge >= 0.3 is 0 Å². The molecule has 0 aromatic heterocycles. The second kappa shape index (κ2) is 5.85. The number of nitrogens with zero attached hydrogens (tertiary/aromatic N) is 1. The van der Waals surface area contributed by atoms with Crippen LogP contribution >= 0.6 is 0 Å². The number of allylic oxidation sites excluding steroid dienone is 1. The van der Waals surface area contributed by atoms with Crippen LogP contribution in [0.15, 0.2) is 42.5 Å². The van der Waals surface area contributed by atoms with Crippen LogP contribution in [0, 0.1) is 5.21 Å². The van der Waals surface area contributed by atoms with Crippen LogP contribution in [-0.4, -0.2) is 16.5 Å². The number of benzene rings is 1. The largest absolute Gasteiger partial charge is 0.623 e. The van der Waals surface area contributed by atoms with Crippen molar-refractivity contribution in [2.45, 2.75) is 44.6 Å². The summed E-state index contributed by atoms with van der Waals surface area (Å²) in [6, 6.07) is 9.83. The van der Waals surface area contributed by atoms with Crippen LogP contribution < -0.4 is 0 Å². The molecule has 18 heavy (non-hydrogen) atoms. The van der Waals surface area contributed by atoms with Gasteiger partial charge in [-0.2, -0.15) is 0 Å². The lowest BCUT2D eigenvalue weighted by molar-refractivity contribution is -0.535. The molecule has 0 N–H and O–H groups in total. The first kappa shape index (κ1) is 12.9. The third-order valence-corrected chi connectivity index (χ3v) is 3.70. The Morgan fingerprint density at radius 2 is 1.78 bits per heavy atom. The quantitative estimate of drug-likeness (QED) is 0.260. The molecular formula is C16H21NO. The summed E-state index contributed by atoms with van der Waals surface area (Å²) in [5.74, 6) is 0. The molecule has 1 aliphatic rings. The highest BCUT2D eigenvalue weighted by Crippen LogP contribution is 2.32. The molecule has 1 aromatic rings. The van der Waals surface area contributed by atoms with E-state index < -0.39 is 0 Å². The lowest BCUT2D eigenvalue weighted by atomic mass is 9.81. The highest BCUT2D eigenvalue weighted by molar-refractivity contribution is 5.75. The molecule has 1 saturated carbocycles. The molecule has 2 heteroatoms. The zero-order valence-electron chi connectivity index (χ0n) is 11.0. The molecule has 0 bridgehead atoms. The number of hydroxylamine groups is 1. The number of hydrogen-bond acceptors (Lipinski definition) is 1. The van der Waals surface area contributed by atoms with Gasteiger partial charge in [-0.15, -0.1) is 0 Å². The van der Waals surface area contributed by atoms with E-state index in [1.165, 1.54) is 11.2 Å². The smallest absolute Gasteiger partial charge is 0.191 e. The molecule has 0 heterocycles. The molecule has 2 rings (SSSR count). The van der Waals surface area contributed by atoms with Gasteiger partial charge in [0.1, 0.15) is 0 Å². The van der Waals surface area contributed by atoms with Gasteiger partial charge in [0.15, 0.2) is 11.8 Å². The van der Waals surface area contributed by atoms with E-state index in [1.807, 2.05) is 43.3 Å². The Morgan fingerprint density at radius 1 is 1.11 bits per heavy atom. The molecule has 0 atom stereocenters. The van der Waals surface area contributed by atoms with E-state index in [2.05, 4.69) is 6.08 Å². The molecule has 1 aromatic carbocycles.